The summed E-state index contributed by atoms with van der Waals surface area (Å²) < 4.78 is 11.6. The first-order valence-corrected chi connectivity index (χ1v) is 13.0. The van der Waals surface area contributed by atoms with Crippen LogP contribution in [0.4, 0.5) is 4.79 Å². The predicted octanol–water partition coefficient (Wildman–Crippen LogP) is 5.08. The van der Waals surface area contributed by atoms with Crippen LogP contribution in [-0.2, 0) is 11.2 Å². The Morgan fingerprint density at radius 3 is 2.58 bits per heavy atom. The van der Waals surface area contributed by atoms with Crippen molar-refractivity contribution < 1.29 is 24.5 Å². The van der Waals surface area contributed by atoms with Crippen molar-refractivity contribution in [3.8, 4) is 5.75 Å². The number of ether oxygens (including phenoxy) is 2. The van der Waals surface area contributed by atoms with E-state index >= 15 is 0 Å². The fourth-order valence-corrected chi connectivity index (χ4v) is 5.05. The van der Waals surface area contributed by atoms with Crippen molar-refractivity contribution >= 4 is 28.6 Å². The molecule has 0 spiro atoms. The molecule has 1 atom stereocenters. The van der Waals surface area contributed by atoms with Crippen LogP contribution in [-0.4, -0.2) is 59.2 Å². The normalized spacial score (nSPS) is 18.1. The lowest BCUT2D eigenvalue weighted by atomic mass is 9.86. The Morgan fingerprint density at radius 2 is 1.92 bits per heavy atom. The van der Waals surface area contributed by atoms with Gasteiger partial charge in [0.05, 0.1) is 26.4 Å². The summed E-state index contributed by atoms with van der Waals surface area (Å²) in [5, 5.41) is 20.8. The van der Waals surface area contributed by atoms with Crippen molar-refractivity contribution in [1.29, 1.82) is 0 Å². The smallest absolute Gasteiger partial charge is 0.410 e. The van der Waals surface area contributed by atoms with Crippen LogP contribution in [0.2, 0.25) is 5.02 Å². The molecule has 36 heavy (non-hydrogen) atoms. The Bertz CT molecular complexity index is 1220. The minimum Gasteiger partial charge on any atom is -0.493 e. The van der Waals surface area contributed by atoms with E-state index in [-0.39, 0.29) is 32.0 Å². The summed E-state index contributed by atoms with van der Waals surface area (Å²) in [5.41, 5.74) is 3.35. The van der Waals surface area contributed by atoms with E-state index < -0.39 is 5.41 Å². The Hall–Kier alpha value is -2.74. The van der Waals surface area contributed by atoms with Crippen LogP contribution in [0.25, 0.3) is 10.9 Å². The number of H-pyrrole nitrogens is 1. The fraction of sp³-hybridized carbons (Fsp3) is 0.464. The van der Waals surface area contributed by atoms with E-state index in [9.17, 15) is 15.0 Å². The largest absolute Gasteiger partial charge is 0.493 e. The van der Waals surface area contributed by atoms with E-state index in [2.05, 4.69) is 4.98 Å². The number of rotatable bonds is 8. The van der Waals surface area contributed by atoms with E-state index in [0.29, 0.717) is 36.3 Å². The van der Waals surface area contributed by atoms with Gasteiger partial charge in [0.15, 0.2) is 0 Å². The molecule has 192 valence electrons. The third-order valence-corrected chi connectivity index (χ3v) is 7.77. The third kappa shape index (κ3) is 4.92. The molecule has 1 amide bonds. The summed E-state index contributed by atoms with van der Waals surface area (Å²) in [6.07, 6.45) is 3.87. The van der Waals surface area contributed by atoms with Gasteiger partial charge >= 0.3 is 6.09 Å². The number of aliphatic hydroxyl groups is 2. The number of carbonyl (C=O) groups is 1. The molecule has 8 heteroatoms. The number of amides is 1. The molecule has 1 saturated carbocycles. The summed E-state index contributed by atoms with van der Waals surface area (Å²) >= 11 is 6.30. The molecule has 2 aromatic carbocycles. The van der Waals surface area contributed by atoms with Gasteiger partial charge in [0, 0.05) is 33.6 Å². The molecule has 1 aliphatic heterocycles. The highest BCUT2D eigenvalue weighted by Gasteiger charge is 2.36. The second kappa shape index (κ2) is 10.3. The van der Waals surface area contributed by atoms with Crippen molar-refractivity contribution in [3.63, 3.8) is 0 Å². The highest BCUT2D eigenvalue weighted by molar-refractivity contribution is 6.31. The van der Waals surface area contributed by atoms with Crippen LogP contribution in [0.15, 0.2) is 42.5 Å². The first kappa shape index (κ1) is 24.9. The van der Waals surface area contributed by atoms with Gasteiger partial charge in [0.25, 0.3) is 0 Å². The molecular weight excluding hydrogens is 480 g/mol. The number of aliphatic hydroxyl groups excluding tert-OH is 2. The number of aromatic amines is 1. The lowest BCUT2D eigenvalue weighted by Crippen LogP contribution is -2.41. The highest BCUT2D eigenvalue weighted by atomic mass is 35.5. The Labute approximate surface area is 216 Å². The van der Waals surface area contributed by atoms with Gasteiger partial charge in [-0.25, -0.2) is 4.79 Å². The first-order chi connectivity index (χ1) is 17.4. The summed E-state index contributed by atoms with van der Waals surface area (Å²) in [6, 6.07) is 13.1. The average Bonchev–Trinajstić information content (AvgIpc) is 3.24. The van der Waals surface area contributed by atoms with Crippen molar-refractivity contribution in [1.82, 2.24) is 9.88 Å². The molecule has 0 radical (unpaired) electrons. The first-order valence-electron chi connectivity index (χ1n) is 12.6. The molecular formula is C28H33ClN2O5. The molecule has 1 aliphatic carbocycles. The molecule has 0 saturated heterocycles. The molecule has 3 aromatic rings. The summed E-state index contributed by atoms with van der Waals surface area (Å²) in [6.45, 7) is 2.63. The monoisotopic (exact) mass is 512 g/mol. The topological polar surface area (TPSA) is 95.0 Å². The lowest BCUT2D eigenvalue weighted by Gasteiger charge is -2.36. The maximum atomic E-state index is 13.2. The number of halogens is 1. The van der Waals surface area contributed by atoms with Gasteiger partial charge in [-0.2, -0.15) is 0 Å². The molecule has 2 aliphatic rings. The van der Waals surface area contributed by atoms with Crippen LogP contribution in [0, 0.1) is 11.3 Å². The van der Waals surface area contributed by atoms with E-state index in [1.165, 1.54) is 12.0 Å². The van der Waals surface area contributed by atoms with Crippen molar-refractivity contribution in [2.24, 2.45) is 11.3 Å². The van der Waals surface area contributed by atoms with Crippen LogP contribution in [0.1, 0.15) is 49.0 Å². The van der Waals surface area contributed by atoms with E-state index in [0.717, 1.165) is 35.0 Å². The molecule has 3 N–H and O–H groups in total. The quantitative estimate of drug-likeness (QED) is 0.391. The highest BCUT2D eigenvalue weighted by Crippen LogP contribution is 2.40. The van der Waals surface area contributed by atoms with Gasteiger partial charge in [-0.15, -0.1) is 0 Å². The molecule has 0 unspecified atom stereocenters. The number of benzene rings is 2. The zero-order chi connectivity index (χ0) is 25.3. The molecule has 1 aromatic heterocycles. The number of aromatic nitrogens is 1. The van der Waals surface area contributed by atoms with Gasteiger partial charge in [0.1, 0.15) is 11.8 Å². The number of nitrogens with zero attached hydrogens (tertiary/aromatic N) is 1. The second-order valence-corrected chi connectivity index (χ2v) is 10.8. The zero-order valence-electron chi connectivity index (χ0n) is 20.5. The van der Waals surface area contributed by atoms with Crippen LogP contribution in [0.5, 0.6) is 5.75 Å². The molecule has 0 bridgehead atoms. The van der Waals surface area contributed by atoms with Crippen LogP contribution < -0.4 is 4.74 Å². The summed E-state index contributed by atoms with van der Waals surface area (Å²) in [7, 11) is 0. The Kier molecular flexibility index (Phi) is 7.15. The van der Waals surface area contributed by atoms with Gasteiger partial charge in [-0.3, -0.25) is 4.90 Å². The standard InChI is InChI=1S/C28H33ClN2O5/c1-28(15-32,16-33)17-36-21-8-5-19(6-9-21)26-25-22(23-13-20(29)7-10-24(23)30-25)11-12-31(26)27(34)35-14-18-3-2-4-18/h5-10,13,18,26,30,32-33H,2-4,11-12,14-17H2,1H3/t26-/m0/s1. The number of carbonyl (C=O) groups excluding carboxylic acids is 1. The van der Waals surface area contributed by atoms with Gasteiger partial charge in [0.2, 0.25) is 0 Å². The zero-order valence-corrected chi connectivity index (χ0v) is 21.3. The number of hydrogen-bond donors (Lipinski definition) is 3. The van der Waals surface area contributed by atoms with Crippen molar-refractivity contribution in [3.05, 3.63) is 64.3 Å². The maximum Gasteiger partial charge on any atom is 0.410 e. The number of nitrogens with one attached hydrogen (secondary N) is 1. The molecule has 5 rings (SSSR count). The molecule has 1 fully saturated rings. The van der Waals surface area contributed by atoms with Crippen LogP contribution in [0.3, 0.4) is 0 Å². The van der Waals surface area contributed by atoms with E-state index in [1.54, 1.807) is 6.92 Å². The fourth-order valence-electron chi connectivity index (χ4n) is 4.88. The summed E-state index contributed by atoms with van der Waals surface area (Å²) in [5.74, 6) is 1.10. The predicted molar refractivity (Wildman–Crippen MR) is 138 cm³/mol. The summed E-state index contributed by atoms with van der Waals surface area (Å²) in [4.78, 5) is 18.6. The Morgan fingerprint density at radius 1 is 1.17 bits per heavy atom. The average molecular weight is 513 g/mol. The minimum atomic E-state index is -0.719. The van der Waals surface area contributed by atoms with Gasteiger partial charge in [-0.1, -0.05) is 37.1 Å². The van der Waals surface area contributed by atoms with E-state index in [1.807, 2.05) is 47.4 Å². The third-order valence-electron chi connectivity index (χ3n) is 7.54. The lowest BCUT2D eigenvalue weighted by molar-refractivity contribution is 0.0287. The molecule has 7 nitrogen and oxygen atoms in total. The number of hydrogen-bond acceptors (Lipinski definition) is 5. The van der Waals surface area contributed by atoms with Crippen molar-refractivity contribution in [2.75, 3.05) is 33.0 Å². The SMILES string of the molecule is CC(CO)(CO)COc1ccc([C@H]2c3[nH]c4ccc(Cl)cc4c3CCN2C(=O)OCC2CCC2)cc1. The molecule has 2 heterocycles. The minimum absolute atomic E-state index is 0.172. The number of fused-ring (bicyclic) bond motifs is 3. The Balaban J connectivity index is 1.44. The van der Waals surface area contributed by atoms with Crippen LogP contribution >= 0.6 is 11.6 Å². The van der Waals surface area contributed by atoms with Crippen molar-refractivity contribution in [2.45, 2.75) is 38.6 Å². The van der Waals surface area contributed by atoms with Gasteiger partial charge in [-0.05, 0) is 66.6 Å². The maximum absolute atomic E-state index is 13.2. The van der Waals surface area contributed by atoms with Gasteiger partial charge < -0.3 is 24.7 Å². The van der Waals surface area contributed by atoms with E-state index in [4.69, 9.17) is 21.1 Å². The second-order valence-electron chi connectivity index (χ2n) is 10.4.